The minimum Gasteiger partial charge on any atom is -0.357 e. The lowest BCUT2D eigenvalue weighted by molar-refractivity contribution is 0.794. The number of H-pyrrole nitrogens is 1. The van der Waals surface area contributed by atoms with Gasteiger partial charge < -0.3 is 10.6 Å². The van der Waals surface area contributed by atoms with Gasteiger partial charge in [-0.25, -0.2) is 4.99 Å². The zero-order valence-electron chi connectivity index (χ0n) is 12.4. The van der Waals surface area contributed by atoms with E-state index in [-0.39, 0.29) is 24.0 Å². The van der Waals surface area contributed by atoms with E-state index in [9.17, 15) is 0 Å². The van der Waals surface area contributed by atoms with Crippen molar-refractivity contribution in [1.82, 2.24) is 20.8 Å². The number of halogens is 1. The van der Waals surface area contributed by atoms with Crippen molar-refractivity contribution >= 4 is 29.9 Å². The summed E-state index contributed by atoms with van der Waals surface area (Å²) in [6, 6.07) is 10.3. The Morgan fingerprint density at radius 1 is 1.29 bits per heavy atom. The first-order chi connectivity index (χ1) is 9.78. The highest BCUT2D eigenvalue weighted by atomic mass is 127. The third-order valence-electron chi connectivity index (χ3n) is 2.85. The van der Waals surface area contributed by atoms with Crippen LogP contribution >= 0.6 is 24.0 Å². The van der Waals surface area contributed by atoms with E-state index in [1.807, 2.05) is 6.07 Å². The highest BCUT2D eigenvalue weighted by Crippen LogP contribution is 2.05. The Balaban J connectivity index is 0.00000220. The number of benzene rings is 1. The third kappa shape index (κ3) is 6.16. The maximum atomic E-state index is 4.58. The van der Waals surface area contributed by atoms with E-state index in [0.717, 1.165) is 18.2 Å². The smallest absolute Gasteiger partial charge is 0.191 e. The van der Waals surface area contributed by atoms with E-state index in [0.29, 0.717) is 13.1 Å². The summed E-state index contributed by atoms with van der Waals surface area (Å²) in [7, 11) is 0. The van der Waals surface area contributed by atoms with Crippen molar-refractivity contribution in [2.75, 3.05) is 6.54 Å². The molecule has 114 valence electrons. The Bertz CT molecular complexity index is 551. The van der Waals surface area contributed by atoms with Crippen LogP contribution in [-0.4, -0.2) is 22.7 Å². The van der Waals surface area contributed by atoms with E-state index in [4.69, 9.17) is 0 Å². The Labute approximate surface area is 142 Å². The predicted octanol–water partition coefficient (Wildman–Crippen LogP) is 2.59. The molecule has 2 aromatic rings. The topological polar surface area (TPSA) is 65.1 Å². The summed E-state index contributed by atoms with van der Waals surface area (Å²) in [5.41, 5.74) is 3.50. The summed E-state index contributed by atoms with van der Waals surface area (Å²) in [6.07, 6.45) is 1.74. The molecule has 0 saturated heterocycles. The molecule has 0 bridgehead atoms. The van der Waals surface area contributed by atoms with Crippen LogP contribution in [0.1, 0.15) is 23.7 Å². The predicted molar refractivity (Wildman–Crippen MR) is 96.8 cm³/mol. The first kappa shape index (κ1) is 17.5. The zero-order chi connectivity index (χ0) is 14.2. The molecule has 0 saturated carbocycles. The lowest BCUT2D eigenvalue weighted by atomic mass is 10.1. The number of guanidine groups is 1. The summed E-state index contributed by atoms with van der Waals surface area (Å²) in [4.78, 5) is 4.58. The molecular weight excluding hydrogens is 377 g/mol. The second kappa shape index (κ2) is 9.38. The van der Waals surface area contributed by atoms with Gasteiger partial charge in [0.25, 0.3) is 0 Å². The van der Waals surface area contributed by atoms with Crippen molar-refractivity contribution in [3.8, 4) is 0 Å². The second-order valence-electron chi connectivity index (χ2n) is 4.62. The molecule has 0 amide bonds. The van der Waals surface area contributed by atoms with Crippen molar-refractivity contribution in [2.45, 2.75) is 26.9 Å². The summed E-state index contributed by atoms with van der Waals surface area (Å²) < 4.78 is 0. The van der Waals surface area contributed by atoms with Crippen LogP contribution < -0.4 is 10.6 Å². The molecule has 0 unspecified atom stereocenters. The largest absolute Gasteiger partial charge is 0.357 e. The minimum atomic E-state index is 0. The molecule has 2 rings (SSSR count). The zero-order valence-corrected chi connectivity index (χ0v) is 14.7. The van der Waals surface area contributed by atoms with Gasteiger partial charge >= 0.3 is 0 Å². The van der Waals surface area contributed by atoms with Gasteiger partial charge in [0.2, 0.25) is 0 Å². The molecule has 0 fully saturated rings. The van der Waals surface area contributed by atoms with Gasteiger partial charge in [0.05, 0.1) is 18.8 Å². The van der Waals surface area contributed by atoms with Crippen LogP contribution in [-0.2, 0) is 13.1 Å². The fourth-order valence-corrected chi connectivity index (χ4v) is 1.88. The van der Waals surface area contributed by atoms with Crippen molar-refractivity contribution in [3.63, 3.8) is 0 Å². The molecule has 0 aliphatic rings. The van der Waals surface area contributed by atoms with E-state index in [1.54, 1.807) is 6.20 Å². The fourth-order valence-electron chi connectivity index (χ4n) is 1.88. The minimum absolute atomic E-state index is 0. The van der Waals surface area contributed by atoms with E-state index in [2.05, 4.69) is 63.9 Å². The molecule has 3 N–H and O–H groups in total. The average molecular weight is 399 g/mol. The number of hydrogen-bond donors (Lipinski definition) is 3. The molecule has 1 heterocycles. The molecule has 0 radical (unpaired) electrons. The number of aliphatic imine (C=N–C) groups is 1. The van der Waals surface area contributed by atoms with Gasteiger partial charge in [0.1, 0.15) is 0 Å². The van der Waals surface area contributed by atoms with Crippen molar-refractivity contribution < 1.29 is 0 Å². The third-order valence-corrected chi connectivity index (χ3v) is 2.85. The van der Waals surface area contributed by atoms with Gasteiger partial charge in [-0.3, -0.25) is 5.10 Å². The van der Waals surface area contributed by atoms with Gasteiger partial charge in [-0.05, 0) is 25.5 Å². The first-order valence-corrected chi connectivity index (χ1v) is 6.84. The van der Waals surface area contributed by atoms with E-state index >= 15 is 0 Å². The van der Waals surface area contributed by atoms with E-state index in [1.165, 1.54) is 11.1 Å². The second-order valence-corrected chi connectivity index (χ2v) is 4.62. The fraction of sp³-hybridized carbons (Fsp3) is 0.333. The molecule has 1 aromatic carbocycles. The Morgan fingerprint density at radius 2 is 2.14 bits per heavy atom. The molecule has 0 aliphatic heterocycles. The standard InChI is InChI=1S/C15H21N5.HI/c1-3-16-15(18-11-14-7-8-19-20-14)17-10-13-6-4-5-12(2)9-13;/h4-9H,3,10-11H2,1-2H3,(H,19,20)(H2,16,17,18);1H. The number of aromatic nitrogens is 2. The molecule has 0 aliphatic carbocycles. The molecule has 1 aromatic heterocycles. The summed E-state index contributed by atoms with van der Waals surface area (Å²) in [6.45, 7) is 6.33. The van der Waals surface area contributed by atoms with Gasteiger partial charge in [-0.15, -0.1) is 24.0 Å². The summed E-state index contributed by atoms with van der Waals surface area (Å²) in [5.74, 6) is 0.809. The van der Waals surface area contributed by atoms with Crippen LogP contribution in [0.25, 0.3) is 0 Å². The van der Waals surface area contributed by atoms with Gasteiger partial charge in [0.15, 0.2) is 5.96 Å². The Kier molecular flexibility index (Phi) is 7.81. The normalized spacial score (nSPS) is 10.9. The average Bonchev–Trinajstić information content (AvgIpc) is 2.95. The number of nitrogens with one attached hydrogen (secondary N) is 3. The highest BCUT2D eigenvalue weighted by molar-refractivity contribution is 14.0. The van der Waals surface area contributed by atoms with Crippen LogP contribution in [0, 0.1) is 6.92 Å². The molecular formula is C15H22IN5. The number of rotatable bonds is 5. The van der Waals surface area contributed by atoms with Crippen molar-refractivity contribution in [3.05, 3.63) is 53.3 Å². The molecule has 0 atom stereocenters. The molecule has 21 heavy (non-hydrogen) atoms. The molecule has 6 heteroatoms. The van der Waals surface area contributed by atoms with Crippen LogP contribution in [0.2, 0.25) is 0 Å². The molecule has 5 nitrogen and oxygen atoms in total. The summed E-state index contributed by atoms with van der Waals surface area (Å²) in [5, 5.41) is 13.4. The van der Waals surface area contributed by atoms with Crippen LogP contribution in [0.5, 0.6) is 0 Å². The van der Waals surface area contributed by atoms with Gasteiger partial charge in [-0.2, -0.15) is 5.10 Å². The maximum absolute atomic E-state index is 4.58. The first-order valence-electron chi connectivity index (χ1n) is 6.84. The Morgan fingerprint density at radius 3 is 2.81 bits per heavy atom. The Hall–Kier alpha value is -1.57. The number of aryl methyl sites for hydroxylation is 1. The van der Waals surface area contributed by atoms with Crippen molar-refractivity contribution in [1.29, 1.82) is 0 Å². The number of nitrogens with zero attached hydrogens (tertiary/aromatic N) is 2. The SMILES string of the molecule is CCNC(=NCc1cccc(C)c1)NCc1ccn[nH]1.I. The quantitative estimate of drug-likeness (QED) is 0.412. The van der Waals surface area contributed by atoms with Crippen LogP contribution in [0.4, 0.5) is 0 Å². The van der Waals surface area contributed by atoms with Crippen LogP contribution in [0.3, 0.4) is 0 Å². The lowest BCUT2D eigenvalue weighted by Gasteiger charge is -2.10. The molecule has 0 spiro atoms. The maximum Gasteiger partial charge on any atom is 0.191 e. The van der Waals surface area contributed by atoms with Gasteiger partial charge in [-0.1, -0.05) is 29.8 Å². The number of hydrogen-bond acceptors (Lipinski definition) is 2. The highest BCUT2D eigenvalue weighted by Gasteiger charge is 1.99. The monoisotopic (exact) mass is 399 g/mol. The van der Waals surface area contributed by atoms with E-state index < -0.39 is 0 Å². The van der Waals surface area contributed by atoms with Crippen molar-refractivity contribution in [2.24, 2.45) is 4.99 Å². The van der Waals surface area contributed by atoms with Gasteiger partial charge in [0, 0.05) is 12.7 Å². The number of aromatic amines is 1. The summed E-state index contributed by atoms with van der Waals surface area (Å²) >= 11 is 0. The lowest BCUT2D eigenvalue weighted by Crippen LogP contribution is -2.36. The van der Waals surface area contributed by atoms with Crippen LogP contribution in [0.15, 0.2) is 41.5 Å².